The van der Waals surface area contributed by atoms with E-state index < -0.39 is 0 Å². The van der Waals surface area contributed by atoms with E-state index in [1.54, 1.807) is 6.07 Å². The molecule has 4 nitrogen and oxygen atoms in total. The van der Waals surface area contributed by atoms with E-state index in [4.69, 9.17) is 4.42 Å². The lowest BCUT2D eigenvalue weighted by Gasteiger charge is -2.25. The zero-order valence-corrected chi connectivity index (χ0v) is 10.6. The van der Waals surface area contributed by atoms with Gasteiger partial charge in [-0.25, -0.2) is 0 Å². The van der Waals surface area contributed by atoms with Crippen LogP contribution < -0.4 is 5.32 Å². The fourth-order valence-electron chi connectivity index (χ4n) is 2.57. The number of carbonyl (C=O) groups is 1. The number of hydrogen-bond acceptors (Lipinski definition) is 3. The van der Waals surface area contributed by atoms with Gasteiger partial charge in [0.1, 0.15) is 5.58 Å². The predicted octanol–water partition coefficient (Wildman–Crippen LogP) is 2.47. The molecule has 0 spiro atoms. The van der Waals surface area contributed by atoms with Crippen molar-refractivity contribution in [2.45, 2.75) is 37.8 Å². The van der Waals surface area contributed by atoms with E-state index >= 15 is 0 Å². The molecule has 4 heteroatoms. The van der Waals surface area contributed by atoms with Crippen molar-refractivity contribution in [2.75, 3.05) is 0 Å². The van der Waals surface area contributed by atoms with Gasteiger partial charge in [0.15, 0.2) is 5.76 Å². The van der Waals surface area contributed by atoms with Gasteiger partial charge in [0.25, 0.3) is 5.91 Å². The summed E-state index contributed by atoms with van der Waals surface area (Å²) in [6, 6.07) is 9.49. The summed E-state index contributed by atoms with van der Waals surface area (Å²) in [7, 11) is 0. The Hall–Kier alpha value is -1.81. The van der Waals surface area contributed by atoms with Gasteiger partial charge in [0, 0.05) is 11.4 Å². The molecule has 0 radical (unpaired) electrons. The number of rotatable bonds is 2. The Morgan fingerprint density at radius 2 is 1.95 bits per heavy atom. The summed E-state index contributed by atoms with van der Waals surface area (Å²) in [5.74, 6) is 0.185. The molecule has 1 aromatic carbocycles. The highest BCUT2D eigenvalue weighted by molar-refractivity contribution is 5.96. The van der Waals surface area contributed by atoms with Crippen LogP contribution in [0.25, 0.3) is 11.0 Å². The number of aliphatic hydroxyl groups is 1. The Labute approximate surface area is 111 Å². The average molecular weight is 259 g/mol. The van der Waals surface area contributed by atoms with E-state index in [1.807, 2.05) is 24.3 Å². The Kier molecular flexibility index (Phi) is 3.25. The minimum Gasteiger partial charge on any atom is -0.451 e. The summed E-state index contributed by atoms with van der Waals surface area (Å²) < 4.78 is 5.53. The smallest absolute Gasteiger partial charge is 0.287 e. The Balaban J connectivity index is 1.70. The molecule has 0 saturated heterocycles. The van der Waals surface area contributed by atoms with Crippen LogP contribution in [0, 0.1) is 0 Å². The molecule has 0 atom stereocenters. The average Bonchev–Trinajstić information content (AvgIpc) is 2.85. The van der Waals surface area contributed by atoms with Gasteiger partial charge >= 0.3 is 0 Å². The fraction of sp³-hybridized carbons (Fsp3) is 0.400. The van der Waals surface area contributed by atoms with Crippen molar-refractivity contribution in [3.05, 3.63) is 36.1 Å². The summed E-state index contributed by atoms with van der Waals surface area (Å²) in [4.78, 5) is 12.1. The number of fused-ring (bicyclic) bond motifs is 1. The SMILES string of the molecule is O=C(NC1CCC(O)CC1)c1cc2ccccc2o1. The predicted molar refractivity (Wildman–Crippen MR) is 71.9 cm³/mol. The number of amides is 1. The maximum absolute atomic E-state index is 12.1. The van der Waals surface area contributed by atoms with Crippen molar-refractivity contribution in [3.8, 4) is 0 Å². The lowest BCUT2D eigenvalue weighted by molar-refractivity contribution is 0.0845. The van der Waals surface area contributed by atoms with Crippen molar-refractivity contribution in [3.63, 3.8) is 0 Å². The molecular formula is C15H17NO3. The van der Waals surface area contributed by atoms with Gasteiger partial charge in [-0.1, -0.05) is 18.2 Å². The van der Waals surface area contributed by atoms with Crippen LogP contribution in [-0.4, -0.2) is 23.2 Å². The van der Waals surface area contributed by atoms with Crippen LogP contribution in [0.3, 0.4) is 0 Å². The number of furan rings is 1. The van der Waals surface area contributed by atoms with Gasteiger partial charge in [-0.2, -0.15) is 0 Å². The molecule has 0 unspecified atom stereocenters. The van der Waals surface area contributed by atoms with Crippen LogP contribution in [0.5, 0.6) is 0 Å². The molecule has 100 valence electrons. The Bertz CT molecular complexity index is 549. The van der Waals surface area contributed by atoms with E-state index in [9.17, 15) is 9.90 Å². The van der Waals surface area contributed by atoms with Crippen molar-refractivity contribution < 1.29 is 14.3 Å². The van der Waals surface area contributed by atoms with Crippen LogP contribution in [0.4, 0.5) is 0 Å². The van der Waals surface area contributed by atoms with Gasteiger partial charge in [-0.15, -0.1) is 0 Å². The number of carbonyl (C=O) groups excluding carboxylic acids is 1. The van der Waals surface area contributed by atoms with Crippen LogP contribution in [0.2, 0.25) is 0 Å². The van der Waals surface area contributed by atoms with Crippen molar-refractivity contribution in [2.24, 2.45) is 0 Å². The minimum absolute atomic E-state index is 0.143. The molecule has 2 N–H and O–H groups in total. The Morgan fingerprint density at radius 3 is 2.68 bits per heavy atom. The van der Waals surface area contributed by atoms with Crippen molar-refractivity contribution in [1.29, 1.82) is 0 Å². The van der Waals surface area contributed by atoms with E-state index in [0.29, 0.717) is 5.76 Å². The fourth-order valence-corrected chi connectivity index (χ4v) is 2.57. The first kappa shape index (κ1) is 12.2. The number of nitrogens with one attached hydrogen (secondary N) is 1. The molecule has 2 aromatic rings. The zero-order valence-electron chi connectivity index (χ0n) is 10.6. The van der Waals surface area contributed by atoms with E-state index in [2.05, 4.69) is 5.32 Å². The van der Waals surface area contributed by atoms with Crippen molar-refractivity contribution >= 4 is 16.9 Å². The lowest BCUT2D eigenvalue weighted by atomic mass is 9.93. The second-order valence-electron chi connectivity index (χ2n) is 5.13. The first-order valence-corrected chi connectivity index (χ1v) is 6.70. The van der Waals surface area contributed by atoms with Crippen LogP contribution in [-0.2, 0) is 0 Å². The summed E-state index contributed by atoms with van der Waals surface area (Å²) in [6.45, 7) is 0. The van der Waals surface area contributed by atoms with Gasteiger partial charge < -0.3 is 14.8 Å². The van der Waals surface area contributed by atoms with E-state index in [-0.39, 0.29) is 18.1 Å². The molecule has 0 aliphatic heterocycles. The summed E-state index contributed by atoms with van der Waals surface area (Å²) in [5, 5.41) is 13.4. The topological polar surface area (TPSA) is 62.5 Å². The highest BCUT2D eigenvalue weighted by atomic mass is 16.3. The summed E-state index contributed by atoms with van der Waals surface area (Å²) in [5.41, 5.74) is 0.728. The summed E-state index contributed by atoms with van der Waals surface area (Å²) >= 11 is 0. The molecule has 1 amide bonds. The van der Waals surface area contributed by atoms with E-state index in [1.165, 1.54) is 0 Å². The molecular weight excluding hydrogens is 242 g/mol. The molecule has 1 saturated carbocycles. The Morgan fingerprint density at radius 1 is 1.21 bits per heavy atom. The largest absolute Gasteiger partial charge is 0.451 e. The first-order chi connectivity index (χ1) is 9.22. The molecule has 3 rings (SSSR count). The number of aliphatic hydroxyl groups excluding tert-OH is 1. The minimum atomic E-state index is -0.209. The highest BCUT2D eigenvalue weighted by Crippen LogP contribution is 2.21. The summed E-state index contributed by atoms with van der Waals surface area (Å²) in [6.07, 6.45) is 2.95. The maximum atomic E-state index is 12.1. The third kappa shape index (κ3) is 2.63. The third-order valence-corrected chi connectivity index (χ3v) is 3.68. The molecule has 1 heterocycles. The first-order valence-electron chi connectivity index (χ1n) is 6.70. The third-order valence-electron chi connectivity index (χ3n) is 3.68. The second kappa shape index (κ2) is 5.05. The molecule has 1 aliphatic carbocycles. The van der Waals surface area contributed by atoms with Crippen molar-refractivity contribution in [1.82, 2.24) is 5.32 Å². The standard InChI is InChI=1S/C15H17NO3/c17-12-7-5-11(6-8-12)16-15(18)14-9-10-3-1-2-4-13(10)19-14/h1-4,9,11-12,17H,5-8H2,(H,16,18). The maximum Gasteiger partial charge on any atom is 0.287 e. The molecule has 1 aliphatic rings. The number of hydrogen-bond donors (Lipinski definition) is 2. The highest BCUT2D eigenvalue weighted by Gasteiger charge is 2.22. The quantitative estimate of drug-likeness (QED) is 0.870. The normalized spacial score (nSPS) is 23.4. The number of para-hydroxylation sites is 1. The van der Waals surface area contributed by atoms with E-state index in [0.717, 1.165) is 36.7 Å². The van der Waals surface area contributed by atoms with Gasteiger partial charge in [0.2, 0.25) is 0 Å². The molecule has 1 fully saturated rings. The van der Waals surface area contributed by atoms with Gasteiger partial charge in [0.05, 0.1) is 6.10 Å². The molecule has 0 bridgehead atoms. The second-order valence-corrected chi connectivity index (χ2v) is 5.13. The van der Waals surface area contributed by atoms with Crippen LogP contribution in [0.15, 0.2) is 34.7 Å². The lowest BCUT2D eigenvalue weighted by Crippen LogP contribution is -2.38. The number of benzene rings is 1. The molecule has 19 heavy (non-hydrogen) atoms. The van der Waals surface area contributed by atoms with Gasteiger partial charge in [-0.05, 0) is 37.8 Å². The van der Waals surface area contributed by atoms with Crippen LogP contribution >= 0.6 is 0 Å². The van der Waals surface area contributed by atoms with Gasteiger partial charge in [-0.3, -0.25) is 4.79 Å². The zero-order chi connectivity index (χ0) is 13.2. The molecule has 1 aromatic heterocycles. The monoisotopic (exact) mass is 259 g/mol. The van der Waals surface area contributed by atoms with Crippen LogP contribution in [0.1, 0.15) is 36.2 Å².